The van der Waals surface area contributed by atoms with E-state index in [1.165, 1.54) is 11.1 Å². The van der Waals surface area contributed by atoms with Crippen molar-refractivity contribution < 1.29 is 0 Å². The predicted molar refractivity (Wildman–Crippen MR) is 133 cm³/mol. The minimum absolute atomic E-state index is 0.515. The molecule has 0 aliphatic rings. The lowest BCUT2D eigenvalue weighted by atomic mass is 10.1. The van der Waals surface area contributed by atoms with E-state index in [0.717, 1.165) is 40.1 Å². The Balaban J connectivity index is 1.17. The maximum absolute atomic E-state index is 6.07. The molecule has 2 aromatic carbocycles. The zero-order valence-electron chi connectivity index (χ0n) is 18.2. The number of aromatic nitrogens is 7. The van der Waals surface area contributed by atoms with Gasteiger partial charge in [0.05, 0.1) is 41.6 Å². The second kappa shape index (κ2) is 8.64. The first kappa shape index (κ1) is 20.4. The molecule has 0 aliphatic carbocycles. The molecule has 0 unspecified atom stereocenters. The summed E-state index contributed by atoms with van der Waals surface area (Å²) in [5, 5.41) is 14.0. The average molecular weight is 469 g/mol. The normalized spacial score (nSPS) is 11.4. The van der Waals surface area contributed by atoms with Crippen LogP contribution in [0.4, 0.5) is 5.82 Å². The highest BCUT2D eigenvalue weighted by Crippen LogP contribution is 2.22. The Labute approximate surface area is 200 Å². The molecule has 0 bridgehead atoms. The number of pyridine rings is 1. The summed E-state index contributed by atoms with van der Waals surface area (Å²) < 4.78 is 3.86. The summed E-state index contributed by atoms with van der Waals surface area (Å²) in [6.45, 7) is 1.96. The molecule has 168 valence electrons. The average Bonchev–Trinajstić information content (AvgIpc) is 3.58. The van der Waals surface area contributed by atoms with E-state index >= 15 is 0 Å². The van der Waals surface area contributed by atoms with E-state index in [4.69, 9.17) is 16.7 Å². The molecule has 4 heterocycles. The maximum Gasteiger partial charge on any atom is 0.137 e. The zero-order valence-corrected chi connectivity index (χ0v) is 18.9. The number of nitrogens with one attached hydrogen (secondary N) is 2. The van der Waals surface area contributed by atoms with Crippen molar-refractivity contribution in [3.05, 3.63) is 101 Å². The van der Waals surface area contributed by atoms with Crippen LogP contribution in [0.5, 0.6) is 0 Å². The minimum atomic E-state index is 0.515. The van der Waals surface area contributed by atoms with Crippen molar-refractivity contribution in [2.45, 2.75) is 19.6 Å². The standard InChI is InChI=1S/C25H21ClN8/c26-19-6-7-22-23(12-19)31-24(30-22)13-28-25-20-16-34(32-21(20)8-10-27-25)15-18-4-2-17(3-5-18)14-33-11-1-9-29-33/h1-12,16H,13-15H2,(H,27,28)(H,30,31). The highest BCUT2D eigenvalue weighted by molar-refractivity contribution is 6.31. The molecule has 9 heteroatoms. The van der Waals surface area contributed by atoms with Crippen LogP contribution >= 0.6 is 11.6 Å². The summed E-state index contributed by atoms with van der Waals surface area (Å²) in [5.74, 6) is 1.59. The van der Waals surface area contributed by atoms with E-state index in [9.17, 15) is 0 Å². The number of fused-ring (bicyclic) bond motifs is 2. The Morgan fingerprint density at radius 1 is 0.912 bits per heavy atom. The van der Waals surface area contributed by atoms with Crippen molar-refractivity contribution in [3.63, 3.8) is 0 Å². The van der Waals surface area contributed by atoms with Crippen LogP contribution in [0.25, 0.3) is 21.9 Å². The lowest BCUT2D eigenvalue weighted by Gasteiger charge is -2.05. The molecule has 0 radical (unpaired) electrons. The van der Waals surface area contributed by atoms with Crippen molar-refractivity contribution in [2.75, 3.05) is 5.32 Å². The van der Waals surface area contributed by atoms with Gasteiger partial charge in [0.1, 0.15) is 11.6 Å². The predicted octanol–water partition coefficient (Wildman–Crippen LogP) is 4.87. The summed E-state index contributed by atoms with van der Waals surface area (Å²) in [4.78, 5) is 12.4. The molecule has 0 saturated heterocycles. The number of hydrogen-bond acceptors (Lipinski definition) is 5. The Bertz CT molecular complexity index is 1560. The lowest BCUT2D eigenvalue weighted by molar-refractivity contribution is 0.682. The van der Waals surface area contributed by atoms with Crippen LogP contribution in [0.1, 0.15) is 17.0 Å². The highest BCUT2D eigenvalue weighted by Gasteiger charge is 2.09. The van der Waals surface area contributed by atoms with Gasteiger partial charge in [-0.05, 0) is 41.5 Å². The van der Waals surface area contributed by atoms with Crippen LogP contribution < -0.4 is 5.32 Å². The Morgan fingerprint density at radius 3 is 2.53 bits per heavy atom. The van der Waals surface area contributed by atoms with Crippen molar-refractivity contribution in [2.24, 2.45) is 0 Å². The summed E-state index contributed by atoms with van der Waals surface area (Å²) in [6.07, 6.45) is 7.55. The van der Waals surface area contributed by atoms with Gasteiger partial charge in [0.25, 0.3) is 0 Å². The van der Waals surface area contributed by atoms with Crippen molar-refractivity contribution in [3.8, 4) is 0 Å². The summed E-state index contributed by atoms with van der Waals surface area (Å²) >= 11 is 6.07. The van der Waals surface area contributed by atoms with Gasteiger partial charge < -0.3 is 10.3 Å². The van der Waals surface area contributed by atoms with E-state index in [1.54, 1.807) is 12.4 Å². The molecule has 0 spiro atoms. The monoisotopic (exact) mass is 468 g/mol. The topological polar surface area (TPSA) is 89.2 Å². The molecular weight excluding hydrogens is 448 g/mol. The molecule has 4 aromatic heterocycles. The fraction of sp³-hybridized carbons (Fsp3) is 0.120. The van der Waals surface area contributed by atoms with E-state index in [-0.39, 0.29) is 0 Å². The second-order valence-corrected chi connectivity index (χ2v) is 8.57. The van der Waals surface area contributed by atoms with Gasteiger partial charge in [0.2, 0.25) is 0 Å². The Hall–Kier alpha value is -4.17. The quantitative estimate of drug-likeness (QED) is 0.349. The molecule has 2 N–H and O–H groups in total. The van der Waals surface area contributed by atoms with Crippen LogP contribution in [-0.2, 0) is 19.6 Å². The molecule has 0 fully saturated rings. The van der Waals surface area contributed by atoms with Crippen LogP contribution in [0.3, 0.4) is 0 Å². The number of rotatable bonds is 7. The summed E-state index contributed by atoms with van der Waals surface area (Å²) in [7, 11) is 0. The SMILES string of the molecule is Clc1ccc2[nH]c(CNc3nccc4nn(Cc5ccc(Cn6cccn6)cc5)cc34)nc2c1. The molecule has 34 heavy (non-hydrogen) atoms. The molecule has 0 aliphatic heterocycles. The van der Waals surface area contributed by atoms with Gasteiger partial charge in [-0.2, -0.15) is 10.2 Å². The first-order valence-electron chi connectivity index (χ1n) is 10.9. The van der Waals surface area contributed by atoms with Gasteiger partial charge in [0, 0.05) is 29.8 Å². The Kier molecular flexibility index (Phi) is 5.20. The van der Waals surface area contributed by atoms with E-state index in [0.29, 0.717) is 18.1 Å². The lowest BCUT2D eigenvalue weighted by Crippen LogP contribution is -2.03. The molecule has 6 aromatic rings. The van der Waals surface area contributed by atoms with E-state index in [2.05, 4.69) is 49.6 Å². The number of H-pyrrole nitrogens is 1. The van der Waals surface area contributed by atoms with E-state index in [1.807, 2.05) is 52.1 Å². The third kappa shape index (κ3) is 4.23. The van der Waals surface area contributed by atoms with Gasteiger partial charge in [-0.1, -0.05) is 35.9 Å². The molecule has 6 rings (SSSR count). The van der Waals surface area contributed by atoms with Crippen LogP contribution in [0.15, 0.2) is 79.4 Å². The summed E-state index contributed by atoms with van der Waals surface area (Å²) in [6, 6.07) is 18.0. The molecular formula is C25H21ClN8. The molecule has 0 atom stereocenters. The van der Waals surface area contributed by atoms with Crippen LogP contribution in [0.2, 0.25) is 5.02 Å². The van der Waals surface area contributed by atoms with Gasteiger partial charge in [-0.25, -0.2) is 9.97 Å². The van der Waals surface area contributed by atoms with Crippen molar-refractivity contribution in [1.29, 1.82) is 0 Å². The zero-order chi connectivity index (χ0) is 22.9. The number of halogens is 1. The van der Waals surface area contributed by atoms with Gasteiger partial charge >= 0.3 is 0 Å². The number of anilines is 1. The Morgan fingerprint density at radius 2 is 1.74 bits per heavy atom. The van der Waals surface area contributed by atoms with Gasteiger partial charge in [-0.3, -0.25) is 9.36 Å². The third-order valence-corrected chi connectivity index (χ3v) is 5.91. The summed E-state index contributed by atoms with van der Waals surface area (Å²) in [5.41, 5.74) is 5.08. The number of nitrogens with zero attached hydrogens (tertiary/aromatic N) is 6. The smallest absolute Gasteiger partial charge is 0.137 e. The second-order valence-electron chi connectivity index (χ2n) is 8.14. The van der Waals surface area contributed by atoms with Crippen LogP contribution in [0, 0.1) is 0 Å². The fourth-order valence-corrected chi connectivity index (χ4v) is 4.18. The minimum Gasteiger partial charge on any atom is -0.362 e. The number of hydrogen-bond donors (Lipinski definition) is 2. The maximum atomic E-state index is 6.07. The largest absolute Gasteiger partial charge is 0.362 e. The fourth-order valence-electron chi connectivity index (χ4n) is 4.02. The van der Waals surface area contributed by atoms with Crippen molar-refractivity contribution >= 4 is 39.4 Å². The molecule has 0 saturated carbocycles. The van der Waals surface area contributed by atoms with Gasteiger partial charge in [-0.15, -0.1) is 0 Å². The third-order valence-electron chi connectivity index (χ3n) is 5.67. The van der Waals surface area contributed by atoms with E-state index < -0.39 is 0 Å². The first-order chi connectivity index (χ1) is 16.7. The van der Waals surface area contributed by atoms with Crippen LogP contribution in [-0.4, -0.2) is 34.5 Å². The van der Waals surface area contributed by atoms with Crippen molar-refractivity contribution in [1.82, 2.24) is 34.5 Å². The number of imidazole rings is 1. The number of benzene rings is 2. The number of aromatic amines is 1. The van der Waals surface area contributed by atoms with Gasteiger partial charge in [0.15, 0.2) is 0 Å². The highest BCUT2D eigenvalue weighted by atomic mass is 35.5. The molecule has 0 amide bonds. The first-order valence-corrected chi connectivity index (χ1v) is 11.3. The molecule has 8 nitrogen and oxygen atoms in total.